The van der Waals surface area contributed by atoms with E-state index in [1.54, 1.807) is 36.4 Å². The summed E-state index contributed by atoms with van der Waals surface area (Å²) in [5.74, 6) is -0.260. The minimum absolute atomic E-state index is 0.164. The van der Waals surface area contributed by atoms with Crippen LogP contribution < -0.4 is 5.32 Å². The fourth-order valence-electron chi connectivity index (χ4n) is 3.20. The molecule has 0 aliphatic heterocycles. The van der Waals surface area contributed by atoms with Crippen molar-refractivity contribution < 1.29 is 14.8 Å². The van der Waals surface area contributed by atoms with Gasteiger partial charge in [-0.05, 0) is 25.0 Å². The number of hydrogen-bond donors (Lipinski definition) is 2. The number of rotatable bonds is 6. The van der Waals surface area contributed by atoms with Gasteiger partial charge in [-0.15, -0.1) is 0 Å². The summed E-state index contributed by atoms with van der Waals surface area (Å²) in [5, 5.41) is 24.8. The number of nitrogens with one attached hydrogen (secondary N) is 1. The Bertz CT molecular complexity index is 783. The molecule has 0 unspecified atom stereocenters. The number of aliphatic hydroxyl groups is 1. The fourth-order valence-corrected chi connectivity index (χ4v) is 3.20. The van der Waals surface area contributed by atoms with E-state index in [2.05, 4.69) is 5.32 Å². The van der Waals surface area contributed by atoms with E-state index in [-0.39, 0.29) is 23.6 Å². The molecule has 1 aliphatic carbocycles. The van der Waals surface area contributed by atoms with Gasteiger partial charge in [-0.3, -0.25) is 14.9 Å². The molecule has 2 aromatic carbocycles. The standard InChI is InChI=1S/C19H20N2O4/c22-18(14-6-2-1-3-7-14)15-8-9-16(17(12-15)21(24)25)20-13-19(23)10-4-5-11-19/h1-3,6-9,12,20,23H,4-5,10-11,13H2. The second-order valence-electron chi connectivity index (χ2n) is 6.47. The summed E-state index contributed by atoms with van der Waals surface area (Å²) in [7, 11) is 0. The number of hydrogen-bond acceptors (Lipinski definition) is 5. The largest absolute Gasteiger partial charge is 0.388 e. The SMILES string of the molecule is O=C(c1ccccc1)c1ccc(NCC2(O)CCCC2)c([N+](=O)[O-])c1. The first-order chi connectivity index (χ1) is 12.0. The number of benzene rings is 2. The van der Waals surface area contributed by atoms with Crippen LogP contribution in [-0.2, 0) is 0 Å². The lowest BCUT2D eigenvalue weighted by molar-refractivity contribution is -0.384. The maximum Gasteiger partial charge on any atom is 0.293 e. The molecule has 0 bridgehead atoms. The van der Waals surface area contributed by atoms with Crippen LogP contribution in [0.25, 0.3) is 0 Å². The van der Waals surface area contributed by atoms with E-state index in [1.807, 2.05) is 0 Å². The molecular weight excluding hydrogens is 320 g/mol. The third-order valence-electron chi connectivity index (χ3n) is 4.63. The van der Waals surface area contributed by atoms with Crippen LogP contribution in [-0.4, -0.2) is 28.0 Å². The van der Waals surface area contributed by atoms with Crippen LogP contribution >= 0.6 is 0 Å². The van der Waals surface area contributed by atoms with Crippen LogP contribution in [0.4, 0.5) is 11.4 Å². The summed E-state index contributed by atoms with van der Waals surface area (Å²) >= 11 is 0. The first kappa shape index (κ1) is 17.1. The van der Waals surface area contributed by atoms with E-state index < -0.39 is 10.5 Å². The van der Waals surface area contributed by atoms with Crippen LogP contribution in [0.1, 0.15) is 41.6 Å². The molecule has 2 N–H and O–H groups in total. The Morgan fingerprint density at radius 1 is 1.12 bits per heavy atom. The number of carbonyl (C=O) groups is 1. The smallest absolute Gasteiger partial charge is 0.293 e. The van der Waals surface area contributed by atoms with Crippen LogP contribution in [0.15, 0.2) is 48.5 Å². The van der Waals surface area contributed by atoms with Crippen molar-refractivity contribution in [2.24, 2.45) is 0 Å². The first-order valence-corrected chi connectivity index (χ1v) is 8.33. The van der Waals surface area contributed by atoms with Crippen LogP contribution in [0.5, 0.6) is 0 Å². The summed E-state index contributed by atoms with van der Waals surface area (Å²) in [6, 6.07) is 13.1. The molecule has 25 heavy (non-hydrogen) atoms. The van der Waals surface area contributed by atoms with Gasteiger partial charge in [0.05, 0.1) is 10.5 Å². The Kier molecular flexibility index (Phi) is 4.81. The predicted octanol–water partition coefficient (Wildman–Crippen LogP) is 3.54. The molecule has 3 rings (SSSR count). The molecule has 130 valence electrons. The van der Waals surface area contributed by atoms with Crippen molar-refractivity contribution in [2.45, 2.75) is 31.3 Å². The van der Waals surface area contributed by atoms with E-state index in [0.29, 0.717) is 24.1 Å². The predicted molar refractivity (Wildman–Crippen MR) is 94.9 cm³/mol. The molecule has 1 fully saturated rings. The highest BCUT2D eigenvalue weighted by molar-refractivity contribution is 6.09. The number of carbonyl (C=O) groups excluding carboxylic acids is 1. The van der Waals surface area contributed by atoms with Gasteiger partial charge in [-0.2, -0.15) is 0 Å². The highest BCUT2D eigenvalue weighted by Gasteiger charge is 2.31. The number of nitrogens with zero attached hydrogens (tertiary/aromatic N) is 1. The second-order valence-corrected chi connectivity index (χ2v) is 6.47. The summed E-state index contributed by atoms with van der Waals surface area (Å²) in [5.41, 5.74) is 0.0889. The molecule has 0 heterocycles. The molecule has 1 aliphatic rings. The Morgan fingerprint density at radius 2 is 1.80 bits per heavy atom. The number of nitro groups is 1. The van der Waals surface area contributed by atoms with Gasteiger partial charge in [-0.25, -0.2) is 0 Å². The zero-order valence-corrected chi connectivity index (χ0v) is 13.8. The molecule has 6 nitrogen and oxygen atoms in total. The highest BCUT2D eigenvalue weighted by Crippen LogP contribution is 2.32. The maximum absolute atomic E-state index is 12.5. The minimum Gasteiger partial charge on any atom is -0.388 e. The molecule has 0 atom stereocenters. The average Bonchev–Trinajstić information content (AvgIpc) is 3.07. The number of nitro benzene ring substituents is 1. The monoisotopic (exact) mass is 340 g/mol. The van der Waals surface area contributed by atoms with Crippen molar-refractivity contribution in [3.63, 3.8) is 0 Å². The van der Waals surface area contributed by atoms with Gasteiger partial charge in [0, 0.05) is 23.7 Å². The summed E-state index contributed by atoms with van der Waals surface area (Å²) in [4.78, 5) is 23.4. The minimum atomic E-state index is -0.813. The number of ketones is 1. The van der Waals surface area contributed by atoms with Crippen LogP contribution in [0.2, 0.25) is 0 Å². The van der Waals surface area contributed by atoms with Gasteiger partial charge in [0.25, 0.3) is 5.69 Å². The molecule has 0 saturated heterocycles. The lowest BCUT2D eigenvalue weighted by atomic mass is 10.0. The molecule has 6 heteroatoms. The lowest BCUT2D eigenvalue weighted by Crippen LogP contribution is -2.33. The summed E-state index contributed by atoms with van der Waals surface area (Å²) < 4.78 is 0. The number of anilines is 1. The Morgan fingerprint density at radius 3 is 2.44 bits per heavy atom. The van der Waals surface area contributed by atoms with Crippen molar-refractivity contribution in [3.05, 3.63) is 69.8 Å². The van der Waals surface area contributed by atoms with Gasteiger partial charge in [0.1, 0.15) is 5.69 Å². The zero-order valence-electron chi connectivity index (χ0n) is 13.8. The van der Waals surface area contributed by atoms with Crippen molar-refractivity contribution in [2.75, 3.05) is 11.9 Å². The molecule has 0 spiro atoms. The molecule has 0 aromatic heterocycles. The van der Waals surface area contributed by atoms with Crippen molar-refractivity contribution in [1.82, 2.24) is 0 Å². The second kappa shape index (κ2) is 7.03. The first-order valence-electron chi connectivity index (χ1n) is 8.33. The molecule has 1 saturated carbocycles. The van der Waals surface area contributed by atoms with E-state index >= 15 is 0 Å². The van der Waals surface area contributed by atoms with Gasteiger partial charge in [-0.1, -0.05) is 43.2 Å². The summed E-state index contributed by atoms with van der Waals surface area (Å²) in [6.07, 6.45) is 3.31. The van der Waals surface area contributed by atoms with Crippen LogP contribution in [0, 0.1) is 10.1 Å². The average molecular weight is 340 g/mol. The van der Waals surface area contributed by atoms with Crippen molar-refractivity contribution in [1.29, 1.82) is 0 Å². The fraction of sp³-hybridized carbons (Fsp3) is 0.316. The molecule has 0 amide bonds. The Hall–Kier alpha value is -2.73. The van der Waals surface area contributed by atoms with Gasteiger partial charge in [0.2, 0.25) is 0 Å². The normalized spacial score (nSPS) is 15.7. The van der Waals surface area contributed by atoms with Crippen molar-refractivity contribution in [3.8, 4) is 0 Å². The summed E-state index contributed by atoms with van der Waals surface area (Å²) in [6.45, 7) is 0.264. The van der Waals surface area contributed by atoms with Crippen molar-refractivity contribution >= 4 is 17.2 Å². The van der Waals surface area contributed by atoms with Gasteiger partial charge in [0.15, 0.2) is 5.78 Å². The zero-order chi connectivity index (χ0) is 17.9. The molecule has 2 aromatic rings. The van der Waals surface area contributed by atoms with E-state index in [9.17, 15) is 20.0 Å². The molecule has 0 radical (unpaired) electrons. The van der Waals surface area contributed by atoms with E-state index in [1.165, 1.54) is 12.1 Å². The van der Waals surface area contributed by atoms with Gasteiger partial charge >= 0.3 is 0 Å². The van der Waals surface area contributed by atoms with Gasteiger partial charge < -0.3 is 10.4 Å². The quantitative estimate of drug-likeness (QED) is 0.477. The van der Waals surface area contributed by atoms with Crippen LogP contribution in [0.3, 0.4) is 0 Å². The Labute approximate surface area is 145 Å². The van der Waals surface area contributed by atoms with E-state index in [4.69, 9.17) is 0 Å². The maximum atomic E-state index is 12.5. The highest BCUT2D eigenvalue weighted by atomic mass is 16.6. The topological polar surface area (TPSA) is 92.5 Å². The lowest BCUT2D eigenvalue weighted by Gasteiger charge is -2.23. The molecular formula is C19H20N2O4. The Balaban J connectivity index is 1.83. The third kappa shape index (κ3) is 3.85. The third-order valence-corrected chi connectivity index (χ3v) is 4.63. The van der Waals surface area contributed by atoms with E-state index in [0.717, 1.165) is 12.8 Å².